The first-order valence-electron chi connectivity index (χ1n) is 3.79. The van der Waals surface area contributed by atoms with Gasteiger partial charge in [0.25, 0.3) is 0 Å². The van der Waals surface area contributed by atoms with Crippen LogP contribution in [0.1, 0.15) is 19.4 Å². The van der Waals surface area contributed by atoms with Gasteiger partial charge < -0.3 is 0 Å². The van der Waals surface area contributed by atoms with Crippen LogP contribution >= 0.6 is 27.5 Å². The van der Waals surface area contributed by atoms with Gasteiger partial charge in [-0.2, -0.15) is 13.2 Å². The Morgan fingerprint density at radius 3 is 2.21 bits per heavy atom. The number of nitrogens with zero attached hydrogens (tertiary/aromatic N) is 1. The Morgan fingerprint density at radius 2 is 1.86 bits per heavy atom. The molecule has 0 radical (unpaired) electrons. The average Bonchev–Trinajstić information content (AvgIpc) is 2.11. The molecule has 0 aliphatic carbocycles. The molecule has 0 aliphatic heterocycles. The molecular formula is C8H8BrClF3N. The molecule has 0 spiro atoms. The third-order valence-electron chi connectivity index (χ3n) is 1.13. The Hall–Kier alpha value is -0.290. The van der Waals surface area contributed by atoms with E-state index in [1.165, 1.54) is 0 Å². The first-order valence-corrected chi connectivity index (χ1v) is 4.96. The molecule has 0 amide bonds. The SMILES string of the molecule is CC.FC(F)(F)c1cc(Cl)ncc1Br. The fraction of sp³-hybridized carbons (Fsp3) is 0.375. The molecule has 0 saturated heterocycles. The summed E-state index contributed by atoms with van der Waals surface area (Å²) in [7, 11) is 0. The van der Waals surface area contributed by atoms with E-state index in [0.717, 1.165) is 12.3 Å². The predicted octanol–water partition coefficient (Wildman–Crippen LogP) is 4.54. The van der Waals surface area contributed by atoms with Crippen LogP contribution in [0.2, 0.25) is 5.15 Å². The van der Waals surface area contributed by atoms with Crippen LogP contribution in [0.15, 0.2) is 16.7 Å². The molecule has 0 N–H and O–H groups in total. The van der Waals surface area contributed by atoms with Crippen molar-refractivity contribution in [2.24, 2.45) is 0 Å². The summed E-state index contributed by atoms with van der Waals surface area (Å²) < 4.78 is 36.2. The molecule has 6 heteroatoms. The summed E-state index contributed by atoms with van der Waals surface area (Å²) in [6, 6.07) is 0.769. The minimum atomic E-state index is -4.40. The summed E-state index contributed by atoms with van der Waals surface area (Å²) in [6.45, 7) is 4.00. The number of halogens is 5. The molecule has 1 heterocycles. The molecule has 0 fully saturated rings. The van der Waals surface area contributed by atoms with Gasteiger partial charge in [-0.15, -0.1) is 0 Å². The van der Waals surface area contributed by atoms with Crippen LogP contribution in [-0.4, -0.2) is 4.98 Å². The number of pyridine rings is 1. The molecule has 1 aromatic heterocycles. The van der Waals surface area contributed by atoms with E-state index in [1.807, 2.05) is 13.8 Å². The highest BCUT2D eigenvalue weighted by molar-refractivity contribution is 9.10. The predicted molar refractivity (Wildman–Crippen MR) is 53.3 cm³/mol. The highest BCUT2D eigenvalue weighted by atomic mass is 79.9. The molecule has 14 heavy (non-hydrogen) atoms. The molecule has 80 valence electrons. The second-order valence-electron chi connectivity index (χ2n) is 1.98. The van der Waals surface area contributed by atoms with Crippen LogP contribution in [0.3, 0.4) is 0 Å². The smallest absolute Gasteiger partial charge is 0.243 e. The number of aromatic nitrogens is 1. The van der Waals surface area contributed by atoms with Crippen LogP contribution in [-0.2, 0) is 6.18 Å². The van der Waals surface area contributed by atoms with E-state index >= 15 is 0 Å². The Kier molecular flexibility index (Phi) is 5.44. The lowest BCUT2D eigenvalue weighted by atomic mass is 10.3. The lowest BCUT2D eigenvalue weighted by molar-refractivity contribution is -0.138. The first kappa shape index (κ1) is 13.7. The summed E-state index contributed by atoms with van der Waals surface area (Å²) in [6.07, 6.45) is -3.38. The van der Waals surface area contributed by atoms with Crippen molar-refractivity contribution in [3.8, 4) is 0 Å². The molecule has 1 aromatic rings. The standard InChI is InChI=1S/C6H2BrClF3N.C2H6/c7-4-2-12-5(8)1-3(4)6(9,10)11;1-2/h1-2H;1-2H3. The maximum Gasteiger partial charge on any atom is 0.417 e. The molecule has 0 atom stereocenters. The van der Waals surface area contributed by atoms with Gasteiger partial charge >= 0.3 is 6.18 Å². The molecule has 1 rings (SSSR count). The Labute approximate surface area is 93.4 Å². The fourth-order valence-corrected chi connectivity index (χ4v) is 1.23. The summed E-state index contributed by atoms with van der Waals surface area (Å²) in [5.41, 5.74) is -0.817. The highest BCUT2D eigenvalue weighted by Crippen LogP contribution is 2.35. The van der Waals surface area contributed by atoms with Crippen molar-refractivity contribution in [1.82, 2.24) is 4.98 Å². The zero-order chi connectivity index (χ0) is 11.4. The minimum absolute atomic E-state index is 0.112. The van der Waals surface area contributed by atoms with Gasteiger partial charge in [0, 0.05) is 10.7 Å². The van der Waals surface area contributed by atoms with Crippen molar-refractivity contribution in [1.29, 1.82) is 0 Å². The Morgan fingerprint density at radius 1 is 1.36 bits per heavy atom. The van der Waals surface area contributed by atoms with Gasteiger partial charge in [-0.25, -0.2) is 4.98 Å². The molecule has 0 bridgehead atoms. The zero-order valence-corrected chi connectivity index (χ0v) is 9.83. The van der Waals surface area contributed by atoms with Gasteiger partial charge in [-0.05, 0) is 22.0 Å². The molecule has 0 aromatic carbocycles. The van der Waals surface area contributed by atoms with E-state index in [4.69, 9.17) is 11.6 Å². The molecule has 0 unspecified atom stereocenters. The highest BCUT2D eigenvalue weighted by Gasteiger charge is 2.33. The minimum Gasteiger partial charge on any atom is -0.243 e. The van der Waals surface area contributed by atoms with E-state index in [0.29, 0.717) is 0 Å². The number of rotatable bonds is 0. The van der Waals surface area contributed by atoms with Gasteiger partial charge in [-0.1, -0.05) is 25.4 Å². The van der Waals surface area contributed by atoms with Crippen molar-refractivity contribution in [2.45, 2.75) is 20.0 Å². The summed E-state index contributed by atoms with van der Waals surface area (Å²) in [4.78, 5) is 3.47. The van der Waals surface area contributed by atoms with Crippen molar-refractivity contribution in [3.63, 3.8) is 0 Å². The van der Waals surface area contributed by atoms with Crippen molar-refractivity contribution in [3.05, 3.63) is 27.5 Å². The van der Waals surface area contributed by atoms with E-state index in [2.05, 4.69) is 20.9 Å². The van der Waals surface area contributed by atoms with E-state index < -0.39 is 11.7 Å². The maximum absolute atomic E-state index is 12.1. The largest absolute Gasteiger partial charge is 0.417 e. The first-order chi connectivity index (χ1) is 6.41. The quantitative estimate of drug-likeness (QED) is 0.639. The van der Waals surface area contributed by atoms with Crippen LogP contribution in [0.5, 0.6) is 0 Å². The monoisotopic (exact) mass is 289 g/mol. The van der Waals surface area contributed by atoms with Crippen molar-refractivity contribution in [2.75, 3.05) is 0 Å². The lowest BCUT2D eigenvalue weighted by Gasteiger charge is -2.07. The van der Waals surface area contributed by atoms with E-state index in [1.54, 1.807) is 0 Å². The second-order valence-corrected chi connectivity index (χ2v) is 3.23. The van der Waals surface area contributed by atoms with Crippen LogP contribution < -0.4 is 0 Å². The summed E-state index contributed by atoms with van der Waals surface area (Å²) >= 11 is 8.02. The number of alkyl halides is 3. The van der Waals surface area contributed by atoms with E-state index in [-0.39, 0.29) is 9.63 Å². The Balaban J connectivity index is 0.000000791. The Bertz CT molecular complexity index is 301. The number of hydrogen-bond acceptors (Lipinski definition) is 1. The molecular weight excluding hydrogens is 282 g/mol. The van der Waals surface area contributed by atoms with Crippen LogP contribution in [0.25, 0.3) is 0 Å². The normalized spacial score (nSPS) is 10.5. The van der Waals surface area contributed by atoms with Gasteiger partial charge in [0.1, 0.15) is 5.15 Å². The summed E-state index contributed by atoms with van der Waals surface area (Å²) in [5, 5.41) is -0.175. The molecule has 1 nitrogen and oxygen atoms in total. The van der Waals surface area contributed by atoms with Crippen molar-refractivity contribution >= 4 is 27.5 Å². The topological polar surface area (TPSA) is 12.9 Å². The van der Waals surface area contributed by atoms with Gasteiger partial charge in [-0.3, -0.25) is 0 Å². The summed E-state index contributed by atoms with van der Waals surface area (Å²) in [5.74, 6) is 0. The zero-order valence-electron chi connectivity index (χ0n) is 7.49. The lowest BCUT2D eigenvalue weighted by Crippen LogP contribution is -2.06. The average molecular weight is 291 g/mol. The van der Waals surface area contributed by atoms with Gasteiger partial charge in [0.15, 0.2) is 0 Å². The second kappa shape index (κ2) is 5.56. The van der Waals surface area contributed by atoms with Gasteiger partial charge in [0.05, 0.1) is 5.56 Å². The van der Waals surface area contributed by atoms with Crippen LogP contribution in [0, 0.1) is 0 Å². The van der Waals surface area contributed by atoms with Crippen LogP contribution in [0.4, 0.5) is 13.2 Å². The third kappa shape index (κ3) is 3.84. The fourth-order valence-electron chi connectivity index (χ4n) is 0.630. The third-order valence-corrected chi connectivity index (χ3v) is 1.97. The maximum atomic E-state index is 12.1. The van der Waals surface area contributed by atoms with Gasteiger partial charge in [0.2, 0.25) is 0 Å². The molecule has 0 saturated carbocycles. The van der Waals surface area contributed by atoms with Crippen molar-refractivity contribution < 1.29 is 13.2 Å². The molecule has 0 aliphatic rings. The van der Waals surface area contributed by atoms with E-state index in [9.17, 15) is 13.2 Å². The number of hydrogen-bond donors (Lipinski definition) is 0.